The monoisotopic (exact) mass is 383 g/mol. The van der Waals surface area contributed by atoms with Crippen LogP contribution in [0.5, 0.6) is 0 Å². The minimum atomic E-state index is -2.95. The van der Waals surface area contributed by atoms with Gasteiger partial charge in [0.15, 0.2) is 23.2 Å². The number of aliphatic hydroxyl groups is 6. The number of hydrogen-bond donors (Lipinski definition) is 7. The molecule has 2 aromatic heterocycles. The van der Waals surface area contributed by atoms with Crippen LogP contribution in [-0.4, -0.2) is 87.6 Å². The quantitative estimate of drug-likeness (QED) is 0.197. The summed E-state index contributed by atoms with van der Waals surface area (Å²) >= 11 is 0. The van der Waals surface area contributed by atoms with Gasteiger partial charge in [-0.05, 0) is 6.42 Å². The number of rotatable bonds is 7. The maximum Gasteiger partial charge on any atom is 0.299 e. The largest absolute Gasteiger partial charge is 0.394 e. The Morgan fingerprint density at radius 1 is 1.22 bits per heavy atom. The van der Waals surface area contributed by atoms with Gasteiger partial charge in [-0.2, -0.15) is 0 Å². The molecule has 1 fully saturated rings. The molecule has 0 saturated carbocycles. The molecule has 1 aliphatic heterocycles. The van der Waals surface area contributed by atoms with Gasteiger partial charge in [0.2, 0.25) is 0 Å². The third kappa shape index (κ3) is 3.77. The van der Waals surface area contributed by atoms with Crippen molar-refractivity contribution >= 4 is 17.0 Å². The molecule has 0 spiro atoms. The van der Waals surface area contributed by atoms with Crippen molar-refractivity contribution in [1.82, 2.24) is 19.5 Å². The zero-order valence-electron chi connectivity index (χ0n) is 14.2. The molecular weight excluding hydrogens is 362 g/mol. The van der Waals surface area contributed by atoms with Crippen LogP contribution in [0, 0.1) is 0 Å². The normalized spacial score (nSPS) is 25.9. The van der Waals surface area contributed by atoms with Crippen LogP contribution < -0.4 is 5.32 Å². The van der Waals surface area contributed by atoms with E-state index in [1.165, 1.54) is 17.2 Å². The number of nitrogens with one attached hydrogen (secondary N) is 1. The van der Waals surface area contributed by atoms with Gasteiger partial charge in [0, 0.05) is 12.1 Å². The molecule has 0 radical (unpaired) electrons. The Labute approximate surface area is 153 Å². The smallest absolute Gasteiger partial charge is 0.299 e. The molecule has 3 rings (SSSR count). The predicted molar refractivity (Wildman–Crippen MR) is 90.0 cm³/mol. The summed E-state index contributed by atoms with van der Waals surface area (Å²) in [6.45, 7) is 3.10. The number of aliphatic hydroxyl groups excluding tert-OH is 3. The molecule has 27 heavy (non-hydrogen) atoms. The van der Waals surface area contributed by atoms with Crippen molar-refractivity contribution in [3.63, 3.8) is 0 Å². The molecule has 0 amide bonds. The topological polar surface area (TPSA) is 186 Å². The fourth-order valence-electron chi connectivity index (χ4n) is 2.78. The molecule has 0 aliphatic carbocycles. The van der Waals surface area contributed by atoms with Gasteiger partial charge in [0.25, 0.3) is 5.97 Å². The highest BCUT2D eigenvalue weighted by Gasteiger charge is 2.44. The maximum atomic E-state index is 10.2. The lowest BCUT2D eigenvalue weighted by Crippen LogP contribution is -2.33. The lowest BCUT2D eigenvalue weighted by atomic mass is 10.1. The lowest BCUT2D eigenvalue weighted by molar-refractivity contribution is -0.282. The minimum absolute atomic E-state index is 0.0462. The number of fused-ring (bicyclic) bond motifs is 1. The van der Waals surface area contributed by atoms with E-state index in [9.17, 15) is 15.3 Å². The number of imidazole rings is 1. The Balaban J connectivity index is 1.78. The zero-order chi connectivity index (χ0) is 19.8. The van der Waals surface area contributed by atoms with Gasteiger partial charge in [0.1, 0.15) is 24.6 Å². The molecule has 0 bridgehead atoms. The summed E-state index contributed by atoms with van der Waals surface area (Å²) < 4.78 is 6.90. The van der Waals surface area contributed by atoms with Crippen molar-refractivity contribution in [2.24, 2.45) is 0 Å². The van der Waals surface area contributed by atoms with Crippen LogP contribution >= 0.6 is 0 Å². The highest BCUT2D eigenvalue weighted by atomic mass is 16.7. The molecule has 12 nitrogen and oxygen atoms in total. The van der Waals surface area contributed by atoms with E-state index in [-0.39, 0.29) is 18.5 Å². The summed E-state index contributed by atoms with van der Waals surface area (Å²) in [4.78, 5) is 12.4. The van der Waals surface area contributed by atoms with Gasteiger partial charge in [0.05, 0.1) is 12.9 Å². The van der Waals surface area contributed by atoms with E-state index in [1.807, 2.05) is 0 Å². The first-order valence-electron chi connectivity index (χ1n) is 8.13. The number of nitrogens with zero attached hydrogens (tertiary/aromatic N) is 4. The van der Waals surface area contributed by atoms with Gasteiger partial charge in [-0.1, -0.05) is 6.58 Å². The van der Waals surface area contributed by atoms with Crippen molar-refractivity contribution in [2.75, 3.05) is 18.5 Å². The molecule has 148 valence electrons. The Bertz CT molecular complexity index is 820. The van der Waals surface area contributed by atoms with Crippen LogP contribution in [0.2, 0.25) is 0 Å². The van der Waals surface area contributed by atoms with Gasteiger partial charge in [-0.15, -0.1) is 0 Å². The second kappa shape index (κ2) is 7.44. The van der Waals surface area contributed by atoms with Gasteiger partial charge in [-0.3, -0.25) is 4.57 Å². The first-order chi connectivity index (χ1) is 12.7. The minimum Gasteiger partial charge on any atom is -0.394 e. The highest BCUT2D eigenvalue weighted by molar-refractivity contribution is 5.82. The van der Waals surface area contributed by atoms with Crippen LogP contribution in [-0.2, 0) is 4.74 Å². The number of hydrogen-bond acceptors (Lipinski definition) is 11. The summed E-state index contributed by atoms with van der Waals surface area (Å²) in [6, 6.07) is 0. The Hall–Kier alpha value is -2.19. The highest BCUT2D eigenvalue weighted by Crippen LogP contribution is 2.32. The van der Waals surface area contributed by atoms with E-state index in [2.05, 4.69) is 26.8 Å². The van der Waals surface area contributed by atoms with Gasteiger partial charge >= 0.3 is 0 Å². The number of anilines is 1. The third-order valence-corrected chi connectivity index (χ3v) is 4.34. The van der Waals surface area contributed by atoms with Crippen molar-refractivity contribution in [2.45, 2.75) is 36.9 Å². The third-order valence-electron chi connectivity index (χ3n) is 4.34. The van der Waals surface area contributed by atoms with E-state index < -0.39 is 37.1 Å². The summed E-state index contributed by atoms with van der Waals surface area (Å²) in [6.07, 6.45) is -1.77. The Kier molecular flexibility index (Phi) is 5.39. The van der Waals surface area contributed by atoms with Crippen LogP contribution in [0.4, 0.5) is 5.82 Å². The standard InChI is InChI=1S/C15H21N5O7/c1-7(15(24,25)26)2-3-16-12-9-13(18-5-17-12)20(6-19-9)14-11(23)10(22)8(4-21)27-14/h5-6,8,10-11,14,21-26H,1-4H2,(H,16,17,18)/t8-,10-,11-,14-/m1/s1. The molecule has 1 aliphatic rings. The molecule has 0 unspecified atom stereocenters. The molecule has 4 atom stereocenters. The predicted octanol–water partition coefficient (Wildman–Crippen LogP) is -2.57. The molecular formula is C15H21N5O7. The van der Waals surface area contributed by atoms with E-state index in [4.69, 9.17) is 20.1 Å². The van der Waals surface area contributed by atoms with Gasteiger partial charge < -0.3 is 40.7 Å². The molecule has 7 N–H and O–H groups in total. The summed E-state index contributed by atoms with van der Waals surface area (Å²) in [5, 5.41) is 59.3. The molecule has 2 aromatic rings. The molecule has 0 aromatic carbocycles. The molecule has 12 heteroatoms. The fourth-order valence-corrected chi connectivity index (χ4v) is 2.78. The van der Waals surface area contributed by atoms with Crippen LogP contribution in [0.3, 0.4) is 0 Å². The number of aromatic nitrogens is 4. The second-order valence-electron chi connectivity index (χ2n) is 6.19. The zero-order valence-corrected chi connectivity index (χ0v) is 14.2. The van der Waals surface area contributed by atoms with Crippen LogP contribution in [0.25, 0.3) is 11.2 Å². The first-order valence-corrected chi connectivity index (χ1v) is 8.13. The van der Waals surface area contributed by atoms with Crippen molar-refractivity contribution < 1.29 is 35.4 Å². The molecule has 3 heterocycles. The van der Waals surface area contributed by atoms with Crippen molar-refractivity contribution in [3.8, 4) is 0 Å². The van der Waals surface area contributed by atoms with E-state index in [1.54, 1.807) is 0 Å². The van der Waals surface area contributed by atoms with E-state index in [0.717, 1.165) is 0 Å². The fraction of sp³-hybridized carbons (Fsp3) is 0.533. The SMILES string of the molecule is C=C(CCNc1ncnc2c1ncn2[C@@H]1O[C@H](CO)[C@@H](O)[C@H]1O)C(O)(O)O. The summed E-state index contributed by atoms with van der Waals surface area (Å²) in [5.41, 5.74) is 0.475. The van der Waals surface area contributed by atoms with Gasteiger partial charge in [-0.25, -0.2) is 15.0 Å². The molecule has 1 saturated heterocycles. The summed E-state index contributed by atoms with van der Waals surface area (Å²) in [7, 11) is 0. The first kappa shape index (κ1) is 19.6. The lowest BCUT2D eigenvalue weighted by Gasteiger charge is -2.17. The Morgan fingerprint density at radius 2 is 1.96 bits per heavy atom. The van der Waals surface area contributed by atoms with E-state index in [0.29, 0.717) is 17.0 Å². The number of ether oxygens (including phenoxy) is 1. The Morgan fingerprint density at radius 3 is 2.59 bits per heavy atom. The van der Waals surface area contributed by atoms with Crippen LogP contribution in [0.15, 0.2) is 24.8 Å². The second-order valence-corrected chi connectivity index (χ2v) is 6.19. The average Bonchev–Trinajstić information content (AvgIpc) is 3.16. The maximum absolute atomic E-state index is 10.2. The van der Waals surface area contributed by atoms with Crippen molar-refractivity contribution in [1.29, 1.82) is 0 Å². The average molecular weight is 383 g/mol. The van der Waals surface area contributed by atoms with E-state index >= 15 is 0 Å². The van der Waals surface area contributed by atoms with Crippen LogP contribution in [0.1, 0.15) is 12.6 Å². The van der Waals surface area contributed by atoms with Crippen molar-refractivity contribution in [3.05, 3.63) is 24.8 Å². The summed E-state index contributed by atoms with van der Waals surface area (Å²) in [5.74, 6) is -2.62.